The van der Waals surface area contributed by atoms with E-state index in [4.69, 9.17) is 9.47 Å². The van der Waals surface area contributed by atoms with Crippen molar-refractivity contribution >= 4 is 12.4 Å². The Bertz CT molecular complexity index is 397. The van der Waals surface area contributed by atoms with Crippen molar-refractivity contribution in [3.8, 4) is 0 Å². The van der Waals surface area contributed by atoms with Crippen molar-refractivity contribution in [3.63, 3.8) is 0 Å². The maximum Gasteiger partial charge on any atom is 0.0661 e. The van der Waals surface area contributed by atoms with Gasteiger partial charge in [0.2, 0.25) is 0 Å². The van der Waals surface area contributed by atoms with E-state index in [-0.39, 0.29) is 12.4 Å². The molecule has 1 saturated heterocycles. The molecule has 140 valence electrons. The fraction of sp³-hybridized carbons (Fsp3) is 1.00. The smallest absolute Gasteiger partial charge is 0.0661 e. The minimum absolute atomic E-state index is 0. The van der Waals surface area contributed by atoms with Gasteiger partial charge in [-0.2, -0.15) is 0 Å². The zero-order valence-corrected chi connectivity index (χ0v) is 15.9. The molecule has 0 aromatic rings. The molecule has 5 atom stereocenters. The van der Waals surface area contributed by atoms with Gasteiger partial charge in [0, 0.05) is 36.7 Å². The van der Waals surface area contributed by atoms with Gasteiger partial charge < -0.3 is 20.1 Å². The van der Waals surface area contributed by atoms with E-state index in [2.05, 4.69) is 17.6 Å². The normalized spacial score (nSPS) is 41.1. The highest BCUT2D eigenvalue weighted by Gasteiger charge is 2.57. The first kappa shape index (κ1) is 18.9. The number of nitrogens with one attached hydrogen (secondary N) is 2. The Kier molecular flexibility index (Phi) is 6.47. The summed E-state index contributed by atoms with van der Waals surface area (Å²) in [6, 6.07) is 1.93. The molecule has 3 saturated carbocycles. The Hall–Kier alpha value is 0.130. The first-order valence-electron chi connectivity index (χ1n) is 10.0. The third-order valence-corrected chi connectivity index (χ3v) is 7.14. The summed E-state index contributed by atoms with van der Waals surface area (Å²) in [6.45, 7) is 5.82. The Labute approximate surface area is 153 Å². The molecule has 4 aliphatic rings. The third-order valence-electron chi connectivity index (χ3n) is 7.14. The molecule has 3 aliphatic carbocycles. The van der Waals surface area contributed by atoms with Crippen molar-refractivity contribution in [3.05, 3.63) is 0 Å². The van der Waals surface area contributed by atoms with E-state index in [0.717, 1.165) is 32.3 Å². The summed E-state index contributed by atoms with van der Waals surface area (Å²) in [5.41, 5.74) is 0.458. The van der Waals surface area contributed by atoms with E-state index in [1.807, 2.05) is 0 Å². The van der Waals surface area contributed by atoms with Gasteiger partial charge in [-0.15, -0.1) is 12.4 Å². The Balaban J connectivity index is 0.00000169. The number of ether oxygens (including phenoxy) is 2. The molecule has 0 aromatic carbocycles. The summed E-state index contributed by atoms with van der Waals surface area (Å²) in [7, 11) is 0. The number of rotatable bonds is 5. The molecule has 0 aromatic heterocycles. The lowest BCUT2D eigenvalue weighted by Crippen LogP contribution is -2.65. The van der Waals surface area contributed by atoms with Crippen LogP contribution >= 0.6 is 12.4 Å². The molecular formula is C19H35ClN2O2. The Morgan fingerprint density at radius 1 is 1.21 bits per heavy atom. The van der Waals surface area contributed by atoms with Gasteiger partial charge in [-0.3, -0.25) is 0 Å². The Morgan fingerprint density at radius 3 is 2.75 bits per heavy atom. The van der Waals surface area contributed by atoms with Gasteiger partial charge >= 0.3 is 0 Å². The average molecular weight is 359 g/mol. The van der Waals surface area contributed by atoms with Gasteiger partial charge in [-0.05, 0) is 44.9 Å². The molecule has 1 heterocycles. The van der Waals surface area contributed by atoms with Crippen LogP contribution in [0, 0.1) is 11.3 Å². The van der Waals surface area contributed by atoms with Crippen molar-refractivity contribution in [1.82, 2.24) is 10.6 Å². The first-order valence-corrected chi connectivity index (χ1v) is 10.0. The molecule has 0 radical (unpaired) electrons. The van der Waals surface area contributed by atoms with Gasteiger partial charge in [0.1, 0.15) is 0 Å². The second kappa shape index (κ2) is 8.22. The van der Waals surface area contributed by atoms with Gasteiger partial charge in [-0.25, -0.2) is 0 Å². The molecule has 2 N–H and O–H groups in total. The molecule has 4 rings (SSSR count). The molecule has 1 aliphatic heterocycles. The fourth-order valence-corrected chi connectivity index (χ4v) is 5.92. The van der Waals surface area contributed by atoms with Crippen LogP contribution < -0.4 is 10.6 Å². The number of hydrogen-bond acceptors (Lipinski definition) is 4. The zero-order chi connectivity index (χ0) is 15.7. The standard InChI is InChI=1S/C19H34N2O2.ClH/c1-2-23-18-12-17(19(18)8-3-4-9-19)21-15-7-5-6-14(15)16-13-22-11-10-20-16;/h14-18,20-21H,2-13H2,1H3;1H. The summed E-state index contributed by atoms with van der Waals surface area (Å²) < 4.78 is 11.8. The van der Waals surface area contributed by atoms with Crippen molar-refractivity contribution in [1.29, 1.82) is 0 Å². The molecule has 0 bridgehead atoms. The van der Waals surface area contributed by atoms with Crippen LogP contribution in [0.5, 0.6) is 0 Å². The highest BCUT2D eigenvalue weighted by atomic mass is 35.5. The average Bonchev–Trinajstić information content (AvgIpc) is 3.25. The number of morpholine rings is 1. The molecule has 0 amide bonds. The van der Waals surface area contributed by atoms with E-state index < -0.39 is 0 Å². The van der Waals surface area contributed by atoms with E-state index in [9.17, 15) is 0 Å². The monoisotopic (exact) mass is 358 g/mol. The highest BCUT2D eigenvalue weighted by molar-refractivity contribution is 5.85. The molecule has 1 spiro atoms. The van der Waals surface area contributed by atoms with Gasteiger partial charge in [0.15, 0.2) is 0 Å². The SMILES string of the molecule is CCOC1CC(NC2CCCC2C2COCCN2)C12CCCC2.Cl. The maximum absolute atomic E-state index is 6.08. The second-order valence-electron chi connectivity index (χ2n) is 8.18. The molecular weight excluding hydrogens is 324 g/mol. The second-order valence-corrected chi connectivity index (χ2v) is 8.18. The molecule has 24 heavy (non-hydrogen) atoms. The highest BCUT2D eigenvalue weighted by Crippen LogP contribution is 2.55. The van der Waals surface area contributed by atoms with Crippen LogP contribution in [0.2, 0.25) is 0 Å². The molecule has 4 fully saturated rings. The summed E-state index contributed by atoms with van der Waals surface area (Å²) in [6.07, 6.45) is 11.4. The topological polar surface area (TPSA) is 42.5 Å². The van der Waals surface area contributed by atoms with Crippen molar-refractivity contribution < 1.29 is 9.47 Å². The largest absolute Gasteiger partial charge is 0.379 e. The lowest BCUT2D eigenvalue weighted by molar-refractivity contribution is -0.134. The van der Waals surface area contributed by atoms with Crippen molar-refractivity contribution in [2.24, 2.45) is 11.3 Å². The van der Waals surface area contributed by atoms with Crippen LogP contribution in [-0.4, -0.2) is 50.6 Å². The lowest BCUT2D eigenvalue weighted by Gasteiger charge is -2.55. The quantitative estimate of drug-likeness (QED) is 0.793. The predicted octanol–water partition coefficient (Wildman–Crippen LogP) is 2.89. The van der Waals surface area contributed by atoms with Crippen molar-refractivity contribution in [2.75, 3.05) is 26.4 Å². The van der Waals surface area contributed by atoms with Crippen LogP contribution in [-0.2, 0) is 9.47 Å². The zero-order valence-electron chi connectivity index (χ0n) is 15.1. The van der Waals surface area contributed by atoms with Crippen LogP contribution in [0.25, 0.3) is 0 Å². The van der Waals surface area contributed by atoms with Crippen LogP contribution in [0.4, 0.5) is 0 Å². The first-order chi connectivity index (χ1) is 11.3. The third kappa shape index (κ3) is 3.37. The number of halogens is 1. The Morgan fingerprint density at radius 2 is 2.04 bits per heavy atom. The number of hydrogen-bond donors (Lipinski definition) is 2. The molecule has 5 unspecified atom stereocenters. The van der Waals surface area contributed by atoms with E-state index in [0.29, 0.717) is 29.6 Å². The van der Waals surface area contributed by atoms with Gasteiger partial charge in [0.05, 0.1) is 19.3 Å². The van der Waals surface area contributed by atoms with Crippen LogP contribution in [0.3, 0.4) is 0 Å². The van der Waals surface area contributed by atoms with Gasteiger partial charge in [0.25, 0.3) is 0 Å². The van der Waals surface area contributed by atoms with Gasteiger partial charge in [-0.1, -0.05) is 19.3 Å². The minimum atomic E-state index is 0. The van der Waals surface area contributed by atoms with Crippen molar-refractivity contribution in [2.45, 2.75) is 82.5 Å². The maximum atomic E-state index is 6.08. The summed E-state index contributed by atoms with van der Waals surface area (Å²) in [4.78, 5) is 0. The lowest BCUT2D eigenvalue weighted by atomic mass is 9.60. The summed E-state index contributed by atoms with van der Waals surface area (Å²) in [5.74, 6) is 0.750. The van der Waals surface area contributed by atoms with E-state index in [1.54, 1.807) is 0 Å². The van der Waals surface area contributed by atoms with Crippen LogP contribution in [0.15, 0.2) is 0 Å². The van der Waals surface area contributed by atoms with E-state index in [1.165, 1.54) is 51.4 Å². The predicted molar refractivity (Wildman–Crippen MR) is 98.8 cm³/mol. The van der Waals surface area contributed by atoms with E-state index >= 15 is 0 Å². The summed E-state index contributed by atoms with van der Waals surface area (Å²) in [5, 5.41) is 7.81. The summed E-state index contributed by atoms with van der Waals surface area (Å²) >= 11 is 0. The minimum Gasteiger partial charge on any atom is -0.379 e. The molecule has 4 nitrogen and oxygen atoms in total. The fourth-order valence-electron chi connectivity index (χ4n) is 5.92. The molecule has 5 heteroatoms. The van der Waals surface area contributed by atoms with Crippen LogP contribution in [0.1, 0.15) is 58.3 Å².